The largest absolute Gasteiger partial charge is 0.534 e. The molecule has 2 N–H and O–H groups in total. The van der Waals surface area contributed by atoms with Gasteiger partial charge in [-0.05, 0) is 6.42 Å². The zero-order chi connectivity index (χ0) is 16.1. The molecule has 0 aliphatic carbocycles. The van der Waals surface area contributed by atoms with Crippen molar-refractivity contribution < 1.29 is 38.2 Å². The Morgan fingerprint density at radius 1 is 1.47 bits per heavy atom. The topological polar surface area (TPSA) is 99.4 Å². The highest BCUT2D eigenvalue weighted by Crippen LogP contribution is 2.33. The molecule has 0 spiro atoms. The van der Waals surface area contributed by atoms with E-state index in [0.717, 1.165) is 12.1 Å². The summed E-state index contributed by atoms with van der Waals surface area (Å²) in [6.45, 7) is -2.34. The first-order chi connectivity index (χ1) is 10.2. The molecule has 104 valence electrons. The second-order valence-electron chi connectivity index (χ2n) is 4.01. The maximum Gasteiger partial charge on any atom is 0.534 e. The van der Waals surface area contributed by atoms with Gasteiger partial charge in [-0.25, -0.2) is 4.79 Å². The smallest absolute Gasteiger partial charge is 0.492 e. The van der Waals surface area contributed by atoms with Gasteiger partial charge >= 0.3 is 6.16 Å². The molecule has 8 nitrogen and oxygen atoms in total. The molecular weight excluding hydrogens is 258 g/mol. The molecule has 2 aliphatic heterocycles. The third-order valence-electron chi connectivity index (χ3n) is 2.81. The van der Waals surface area contributed by atoms with Gasteiger partial charge in [0.25, 0.3) is 0 Å². The zero-order valence-electron chi connectivity index (χ0n) is 12.6. The molecule has 0 bridgehead atoms. The number of fused-ring (bicyclic) bond motifs is 1. The molecule has 2 aliphatic rings. The fourth-order valence-electron chi connectivity index (χ4n) is 1.90. The molecule has 3 rings (SSSR count). The lowest BCUT2D eigenvalue weighted by molar-refractivity contribution is -0.0908. The maximum absolute atomic E-state index is 11.8. The van der Waals surface area contributed by atoms with E-state index in [2.05, 4.69) is 4.84 Å². The van der Waals surface area contributed by atoms with Crippen LogP contribution in [0.4, 0.5) is 4.79 Å². The standard InChI is InChI=1S/C11H13NO7/c13-8-1-2-9(14)12(8)19-11(15)18-7-5-17-10-6(7)3-4-16-10/h1-2,6-7,10,13-14H,3-5H2/t6-,7-,10+/m0/s1/i5D2,7D. The minimum Gasteiger partial charge on any atom is -0.492 e. The number of aromatic nitrogens is 1. The summed E-state index contributed by atoms with van der Waals surface area (Å²) in [5, 5.41) is 18.7. The van der Waals surface area contributed by atoms with Gasteiger partial charge in [0.1, 0.15) is 6.08 Å². The van der Waals surface area contributed by atoms with E-state index >= 15 is 0 Å². The maximum atomic E-state index is 11.8. The Balaban J connectivity index is 1.77. The lowest BCUT2D eigenvalue weighted by Crippen LogP contribution is -2.30. The molecular formula is C11H13NO7. The number of carbonyl (C=O) groups is 1. The van der Waals surface area contributed by atoms with Crippen molar-refractivity contribution in [3.05, 3.63) is 12.1 Å². The summed E-state index contributed by atoms with van der Waals surface area (Å²) >= 11 is 0. The highest BCUT2D eigenvalue weighted by Gasteiger charge is 2.44. The quantitative estimate of drug-likeness (QED) is 0.744. The lowest BCUT2D eigenvalue weighted by atomic mass is 10.0. The van der Waals surface area contributed by atoms with Gasteiger partial charge in [-0.15, -0.1) is 4.73 Å². The Hall–Kier alpha value is -1.93. The number of ether oxygens (including phenoxy) is 3. The third kappa shape index (κ3) is 2.20. The van der Waals surface area contributed by atoms with E-state index in [1.54, 1.807) is 0 Å². The van der Waals surface area contributed by atoms with E-state index in [0.29, 0.717) is 4.73 Å². The Morgan fingerprint density at radius 2 is 2.21 bits per heavy atom. The van der Waals surface area contributed by atoms with Crippen molar-refractivity contribution in [3.8, 4) is 11.8 Å². The summed E-state index contributed by atoms with van der Waals surface area (Å²) in [5.41, 5.74) is 0. The zero-order valence-corrected chi connectivity index (χ0v) is 9.61. The molecule has 0 radical (unpaired) electrons. The van der Waals surface area contributed by atoms with Gasteiger partial charge in [0.05, 0.1) is 23.2 Å². The first-order valence-electron chi connectivity index (χ1n) is 7.05. The van der Waals surface area contributed by atoms with Crippen LogP contribution in [0, 0.1) is 5.92 Å². The van der Waals surface area contributed by atoms with Crippen LogP contribution in [0.3, 0.4) is 0 Å². The Morgan fingerprint density at radius 3 is 2.95 bits per heavy atom. The van der Waals surface area contributed by atoms with Crippen LogP contribution in [0.1, 0.15) is 10.5 Å². The molecule has 1 aromatic rings. The molecule has 3 heterocycles. The summed E-state index contributed by atoms with van der Waals surface area (Å²) in [4.78, 5) is 16.3. The Labute approximate surface area is 112 Å². The van der Waals surface area contributed by atoms with Crippen LogP contribution < -0.4 is 4.84 Å². The van der Waals surface area contributed by atoms with Crippen molar-refractivity contribution in [1.82, 2.24) is 4.73 Å². The van der Waals surface area contributed by atoms with Gasteiger partial charge in [0.15, 0.2) is 6.29 Å². The van der Waals surface area contributed by atoms with Crippen LogP contribution in [0.25, 0.3) is 0 Å². The Bertz CT molecular complexity index is 587. The van der Waals surface area contributed by atoms with Gasteiger partial charge in [-0.1, -0.05) is 0 Å². The van der Waals surface area contributed by atoms with Crippen molar-refractivity contribution >= 4 is 6.16 Å². The lowest BCUT2D eigenvalue weighted by Gasteiger charge is -2.15. The molecule has 8 heteroatoms. The molecule has 2 saturated heterocycles. The van der Waals surface area contributed by atoms with Crippen molar-refractivity contribution in [3.63, 3.8) is 0 Å². The molecule has 0 aromatic carbocycles. The van der Waals surface area contributed by atoms with E-state index in [4.69, 9.17) is 18.3 Å². The summed E-state index contributed by atoms with van der Waals surface area (Å²) in [7, 11) is 0. The number of nitrogens with zero attached hydrogens (tertiary/aromatic N) is 1. The number of aromatic hydroxyl groups is 2. The van der Waals surface area contributed by atoms with Crippen LogP contribution >= 0.6 is 0 Å². The van der Waals surface area contributed by atoms with Crippen molar-refractivity contribution in [2.24, 2.45) is 5.92 Å². The summed E-state index contributed by atoms with van der Waals surface area (Å²) < 4.78 is 38.8. The third-order valence-corrected chi connectivity index (χ3v) is 2.81. The SMILES string of the molecule is [2H]C1([2H])O[C@H]2OCC[C@H]2[C@@]1([2H])OC(=O)On1c(O)ccc1O. The van der Waals surface area contributed by atoms with Gasteiger partial charge in [0, 0.05) is 12.1 Å². The number of rotatable bonds is 2. The summed E-state index contributed by atoms with van der Waals surface area (Å²) in [5.74, 6) is -1.95. The first kappa shape index (κ1) is 9.05. The highest BCUT2D eigenvalue weighted by atomic mass is 16.8. The predicted octanol–water partition coefficient (Wildman–Crippen LogP) is 0.226. The normalized spacial score (nSPS) is 38.0. The van der Waals surface area contributed by atoms with Crippen LogP contribution in [-0.4, -0.2) is 46.6 Å². The number of carbonyl (C=O) groups excluding carboxylic acids is 1. The Kier molecular flexibility index (Phi) is 2.21. The average molecular weight is 274 g/mol. The molecule has 3 atom stereocenters. The van der Waals surface area contributed by atoms with Crippen LogP contribution in [-0.2, 0) is 14.2 Å². The van der Waals surface area contributed by atoms with Crippen molar-refractivity contribution in [2.75, 3.05) is 13.2 Å². The van der Waals surface area contributed by atoms with Crippen LogP contribution in [0.15, 0.2) is 12.1 Å². The van der Waals surface area contributed by atoms with E-state index in [1.807, 2.05) is 0 Å². The highest BCUT2D eigenvalue weighted by molar-refractivity contribution is 5.61. The summed E-state index contributed by atoms with van der Waals surface area (Å²) in [6.07, 6.45) is -4.55. The van der Waals surface area contributed by atoms with Crippen LogP contribution in [0.2, 0.25) is 0 Å². The fourth-order valence-corrected chi connectivity index (χ4v) is 1.90. The second-order valence-corrected chi connectivity index (χ2v) is 4.01. The van der Waals surface area contributed by atoms with E-state index in [-0.39, 0.29) is 13.0 Å². The van der Waals surface area contributed by atoms with Gasteiger partial charge < -0.3 is 24.4 Å². The minimum absolute atomic E-state index is 0.254. The molecule has 1 aromatic heterocycles. The average Bonchev–Trinajstić information content (AvgIpc) is 3.03. The van der Waals surface area contributed by atoms with Crippen LogP contribution in [0.5, 0.6) is 11.8 Å². The molecule has 2 fully saturated rings. The monoisotopic (exact) mass is 274 g/mol. The predicted molar refractivity (Wildman–Crippen MR) is 58.4 cm³/mol. The summed E-state index contributed by atoms with van der Waals surface area (Å²) in [6, 6.07) is 2.13. The van der Waals surface area contributed by atoms with E-state index in [9.17, 15) is 15.0 Å². The van der Waals surface area contributed by atoms with Crippen molar-refractivity contribution in [2.45, 2.75) is 18.8 Å². The molecule has 0 saturated carbocycles. The number of hydrogen-bond donors (Lipinski definition) is 2. The number of hydrogen-bond acceptors (Lipinski definition) is 7. The van der Waals surface area contributed by atoms with E-state index < -0.39 is 42.8 Å². The molecule has 0 amide bonds. The van der Waals surface area contributed by atoms with Crippen molar-refractivity contribution in [1.29, 1.82) is 0 Å². The first-order valence-corrected chi connectivity index (χ1v) is 5.55. The minimum atomic E-state index is -2.59. The second kappa shape index (κ2) is 4.63. The van der Waals surface area contributed by atoms with E-state index in [1.165, 1.54) is 0 Å². The molecule has 0 unspecified atom stereocenters. The van der Waals surface area contributed by atoms with Gasteiger partial charge in [-0.3, -0.25) is 4.84 Å². The fraction of sp³-hybridized carbons (Fsp3) is 0.545. The molecule has 19 heavy (non-hydrogen) atoms. The van der Waals surface area contributed by atoms with Gasteiger partial charge in [-0.2, -0.15) is 0 Å². The van der Waals surface area contributed by atoms with Gasteiger partial charge in [0.2, 0.25) is 11.8 Å².